The third kappa shape index (κ3) is 4.07. The van der Waals surface area contributed by atoms with Crippen molar-refractivity contribution >= 4 is 49.8 Å². The van der Waals surface area contributed by atoms with Crippen molar-refractivity contribution in [1.82, 2.24) is 19.5 Å². The molecule has 10 heteroatoms. The number of amides is 1. The van der Waals surface area contributed by atoms with Crippen molar-refractivity contribution in [3.05, 3.63) is 36.7 Å². The van der Waals surface area contributed by atoms with E-state index in [-0.39, 0.29) is 17.9 Å². The Labute approximate surface area is 192 Å². The van der Waals surface area contributed by atoms with Crippen LogP contribution in [-0.2, 0) is 14.3 Å². The monoisotopic (exact) mass is 463 g/mol. The number of rotatable bonds is 4. The molecule has 0 unspecified atom stereocenters. The fourth-order valence-electron chi connectivity index (χ4n) is 3.89. The summed E-state index contributed by atoms with van der Waals surface area (Å²) in [6.07, 6.45) is 6.16. The van der Waals surface area contributed by atoms with Gasteiger partial charge in [-0.2, -0.15) is 0 Å². The molecule has 1 amide bonds. The Kier molecular flexibility index (Phi) is 5.03. The Hall–Kier alpha value is -3.37. The number of pyridine rings is 2. The number of aromatic nitrogens is 4. The van der Waals surface area contributed by atoms with Crippen molar-refractivity contribution in [2.24, 2.45) is 5.92 Å². The lowest BCUT2D eigenvalue weighted by atomic mass is 10.1. The van der Waals surface area contributed by atoms with Crippen LogP contribution < -0.4 is 5.32 Å². The van der Waals surface area contributed by atoms with Gasteiger partial charge in [0.2, 0.25) is 5.91 Å². The van der Waals surface area contributed by atoms with E-state index in [0.717, 1.165) is 28.8 Å². The molecule has 168 valence electrons. The third-order valence-corrected chi connectivity index (χ3v) is 6.78. The summed E-state index contributed by atoms with van der Waals surface area (Å²) in [5, 5.41) is 3.44. The van der Waals surface area contributed by atoms with E-state index >= 15 is 0 Å². The minimum absolute atomic E-state index is 0.0253. The van der Waals surface area contributed by atoms with E-state index < -0.39 is 6.09 Å². The first kappa shape index (κ1) is 20.3. The Morgan fingerprint density at radius 2 is 1.94 bits per heavy atom. The Morgan fingerprint density at radius 3 is 2.76 bits per heavy atom. The summed E-state index contributed by atoms with van der Waals surface area (Å²) in [5.74, 6) is 0.144. The van der Waals surface area contributed by atoms with Gasteiger partial charge in [0.25, 0.3) is 0 Å². The maximum absolute atomic E-state index is 12.8. The zero-order valence-electron chi connectivity index (χ0n) is 17.7. The van der Waals surface area contributed by atoms with Gasteiger partial charge in [0, 0.05) is 36.7 Å². The third-order valence-electron chi connectivity index (χ3n) is 5.90. The normalized spacial score (nSPS) is 16.8. The number of hydrogen-bond donors (Lipinski definition) is 1. The van der Waals surface area contributed by atoms with Crippen LogP contribution in [0.4, 0.5) is 9.93 Å². The van der Waals surface area contributed by atoms with Crippen LogP contribution in [-0.4, -0.2) is 50.8 Å². The number of hydrogen-bond acceptors (Lipinski definition) is 8. The zero-order valence-corrected chi connectivity index (χ0v) is 18.5. The van der Waals surface area contributed by atoms with E-state index in [1.165, 1.54) is 15.9 Å². The van der Waals surface area contributed by atoms with Gasteiger partial charge >= 0.3 is 6.09 Å². The van der Waals surface area contributed by atoms with Crippen LogP contribution in [0.15, 0.2) is 36.7 Å². The summed E-state index contributed by atoms with van der Waals surface area (Å²) < 4.78 is 12.5. The van der Waals surface area contributed by atoms with Crippen molar-refractivity contribution in [1.29, 1.82) is 0 Å². The van der Waals surface area contributed by atoms with E-state index in [4.69, 9.17) is 14.5 Å². The lowest BCUT2D eigenvalue weighted by Crippen LogP contribution is -2.27. The van der Waals surface area contributed by atoms with Gasteiger partial charge in [-0.05, 0) is 37.1 Å². The number of anilines is 1. The molecule has 1 aliphatic carbocycles. The first-order valence-corrected chi connectivity index (χ1v) is 11.8. The summed E-state index contributed by atoms with van der Waals surface area (Å²) in [7, 11) is 0. The molecule has 0 atom stereocenters. The Balaban J connectivity index is 1.27. The van der Waals surface area contributed by atoms with Gasteiger partial charge in [-0.3, -0.25) is 14.3 Å². The van der Waals surface area contributed by atoms with E-state index in [9.17, 15) is 9.59 Å². The highest BCUT2D eigenvalue weighted by atomic mass is 32.1. The number of thiazole rings is 1. The molecule has 0 aromatic carbocycles. The number of nitrogens with one attached hydrogen (secondary N) is 1. The summed E-state index contributed by atoms with van der Waals surface area (Å²) in [6.45, 7) is 1.21. The molecular formula is C23H21N5O4S. The lowest BCUT2D eigenvalue weighted by molar-refractivity contribution is -0.117. The summed E-state index contributed by atoms with van der Waals surface area (Å²) in [5.41, 5.74) is 3.58. The minimum Gasteiger partial charge on any atom is -0.445 e. The average Bonchev–Trinajstić information content (AvgIpc) is 3.48. The second-order valence-electron chi connectivity index (χ2n) is 8.31. The van der Waals surface area contributed by atoms with Crippen molar-refractivity contribution in [2.75, 3.05) is 18.5 Å². The van der Waals surface area contributed by atoms with Crippen molar-refractivity contribution in [2.45, 2.75) is 31.8 Å². The molecular weight excluding hydrogens is 442 g/mol. The van der Waals surface area contributed by atoms with Gasteiger partial charge in [0.1, 0.15) is 16.5 Å². The molecule has 5 heterocycles. The van der Waals surface area contributed by atoms with Crippen LogP contribution in [0, 0.1) is 5.92 Å². The summed E-state index contributed by atoms with van der Waals surface area (Å²) in [4.78, 5) is 39.2. The van der Waals surface area contributed by atoms with Crippen LogP contribution in [0.5, 0.6) is 0 Å². The summed E-state index contributed by atoms with van der Waals surface area (Å²) >= 11 is 1.35. The molecule has 2 aliphatic rings. The number of fused-ring (bicyclic) bond motifs is 2. The lowest BCUT2D eigenvalue weighted by Gasteiger charge is -2.22. The largest absolute Gasteiger partial charge is 0.445 e. The second kappa shape index (κ2) is 8.20. The van der Waals surface area contributed by atoms with Gasteiger partial charge in [0.15, 0.2) is 5.13 Å². The molecule has 1 N–H and O–H groups in total. The molecule has 4 aromatic heterocycles. The zero-order chi connectivity index (χ0) is 22.4. The quantitative estimate of drug-likeness (QED) is 0.483. The van der Waals surface area contributed by atoms with Crippen molar-refractivity contribution in [3.63, 3.8) is 0 Å². The first-order valence-electron chi connectivity index (χ1n) is 11.0. The van der Waals surface area contributed by atoms with E-state index in [1.54, 1.807) is 18.5 Å². The Morgan fingerprint density at radius 1 is 1.09 bits per heavy atom. The van der Waals surface area contributed by atoms with Crippen LogP contribution >= 0.6 is 11.3 Å². The fourth-order valence-corrected chi connectivity index (χ4v) is 4.73. The number of nitrogens with zero attached hydrogens (tertiary/aromatic N) is 4. The van der Waals surface area contributed by atoms with Crippen LogP contribution in [0.3, 0.4) is 0 Å². The van der Waals surface area contributed by atoms with Crippen molar-refractivity contribution < 1.29 is 19.1 Å². The van der Waals surface area contributed by atoms with E-state index in [1.807, 2.05) is 18.2 Å². The maximum atomic E-state index is 12.8. The van der Waals surface area contributed by atoms with Crippen LogP contribution in [0.1, 0.15) is 25.7 Å². The number of carbonyl (C=O) groups is 2. The van der Waals surface area contributed by atoms with Gasteiger partial charge in [-0.15, -0.1) is 0 Å². The van der Waals surface area contributed by atoms with Gasteiger partial charge in [0.05, 0.1) is 29.9 Å². The highest BCUT2D eigenvalue weighted by Crippen LogP contribution is 2.33. The molecule has 2 fully saturated rings. The van der Waals surface area contributed by atoms with Gasteiger partial charge in [-0.1, -0.05) is 11.3 Å². The van der Waals surface area contributed by atoms with Crippen LogP contribution in [0.25, 0.3) is 32.6 Å². The predicted molar refractivity (Wildman–Crippen MR) is 123 cm³/mol. The maximum Gasteiger partial charge on any atom is 0.418 e. The molecule has 9 nitrogen and oxygen atoms in total. The van der Waals surface area contributed by atoms with E-state index in [0.29, 0.717) is 47.9 Å². The molecule has 0 spiro atoms. The van der Waals surface area contributed by atoms with Crippen molar-refractivity contribution in [3.8, 4) is 11.3 Å². The molecule has 4 aromatic rings. The number of carbonyl (C=O) groups excluding carboxylic acids is 2. The molecule has 1 saturated heterocycles. The molecule has 1 saturated carbocycles. The second-order valence-corrected chi connectivity index (χ2v) is 9.29. The van der Waals surface area contributed by atoms with E-state index in [2.05, 4.69) is 15.3 Å². The molecule has 0 bridgehead atoms. The predicted octanol–water partition coefficient (Wildman–Crippen LogP) is 4.22. The molecule has 0 radical (unpaired) electrons. The fraction of sp³-hybridized carbons (Fsp3) is 0.348. The number of ether oxygens (including phenoxy) is 2. The average molecular weight is 464 g/mol. The first-order chi connectivity index (χ1) is 16.1. The SMILES string of the molecule is O=C(Nc1nc2ccc(-c3cnc4ccn(C(=O)OC5CCOCC5)c4c3)nc2s1)C1CC1. The highest BCUT2D eigenvalue weighted by Gasteiger charge is 2.30. The summed E-state index contributed by atoms with van der Waals surface area (Å²) in [6, 6.07) is 7.42. The molecule has 33 heavy (non-hydrogen) atoms. The standard InChI is InChI=1S/C23H21N5O4S/c29-20(13-1-2-13)27-22-26-18-4-3-16(25-21(18)33-22)14-11-19-17(24-12-14)5-8-28(19)23(30)32-15-6-9-31-10-7-15/h3-5,8,11-13,15H,1-2,6-7,9-10H2,(H,26,27,29). The van der Waals surface area contributed by atoms with Crippen LogP contribution in [0.2, 0.25) is 0 Å². The van der Waals surface area contributed by atoms with Gasteiger partial charge < -0.3 is 14.8 Å². The van der Waals surface area contributed by atoms with Gasteiger partial charge in [-0.25, -0.2) is 14.8 Å². The molecule has 6 rings (SSSR count). The smallest absolute Gasteiger partial charge is 0.418 e. The molecule has 1 aliphatic heterocycles. The topological polar surface area (TPSA) is 108 Å². The Bertz CT molecular complexity index is 1370. The minimum atomic E-state index is -0.419. The highest BCUT2D eigenvalue weighted by molar-refractivity contribution is 7.22.